The van der Waals surface area contributed by atoms with E-state index in [1.807, 2.05) is 5.01 Å². The SMILES string of the molecule is NC(O)=S.OC(=S)NN1CCOCC1. The Hall–Kier alpha value is -0.700. The zero-order valence-corrected chi connectivity index (χ0v) is 9.11. The van der Waals surface area contributed by atoms with Gasteiger partial charge in [0.05, 0.1) is 13.2 Å². The Bertz CT molecular complexity index is 193. The largest absolute Gasteiger partial charge is 0.487 e. The van der Waals surface area contributed by atoms with Gasteiger partial charge in [-0.25, -0.2) is 5.01 Å². The summed E-state index contributed by atoms with van der Waals surface area (Å²) in [4.78, 5) is 0. The molecule has 1 rings (SSSR count). The molecule has 1 fully saturated rings. The molecular weight excluding hydrogens is 226 g/mol. The zero-order chi connectivity index (χ0) is 11.0. The van der Waals surface area contributed by atoms with Gasteiger partial charge in [0.25, 0.3) is 10.3 Å². The van der Waals surface area contributed by atoms with E-state index in [-0.39, 0.29) is 5.17 Å². The molecule has 0 spiro atoms. The molecule has 0 aliphatic carbocycles. The minimum atomic E-state index is -0.500. The summed E-state index contributed by atoms with van der Waals surface area (Å²) in [6.07, 6.45) is 0. The first kappa shape index (κ1) is 13.3. The van der Waals surface area contributed by atoms with Gasteiger partial charge in [-0.15, -0.1) is 0 Å². The van der Waals surface area contributed by atoms with Crippen molar-refractivity contribution in [3.8, 4) is 0 Å². The first-order chi connectivity index (χ1) is 6.52. The van der Waals surface area contributed by atoms with Crippen molar-refractivity contribution >= 4 is 34.8 Å². The molecule has 0 radical (unpaired) electrons. The molecule has 0 saturated carbocycles. The van der Waals surface area contributed by atoms with Crippen LogP contribution in [-0.4, -0.2) is 51.9 Å². The maximum Gasteiger partial charge on any atom is 0.269 e. The van der Waals surface area contributed by atoms with Crippen LogP contribution in [0.15, 0.2) is 0 Å². The number of rotatable bonds is 1. The van der Waals surface area contributed by atoms with Gasteiger partial charge in [0.2, 0.25) is 0 Å². The van der Waals surface area contributed by atoms with Gasteiger partial charge in [0.15, 0.2) is 0 Å². The van der Waals surface area contributed by atoms with Crippen LogP contribution >= 0.6 is 24.4 Å². The van der Waals surface area contributed by atoms with Crippen molar-refractivity contribution in [1.29, 1.82) is 0 Å². The molecule has 0 bridgehead atoms. The lowest BCUT2D eigenvalue weighted by Crippen LogP contribution is -2.47. The van der Waals surface area contributed by atoms with E-state index in [0.29, 0.717) is 13.2 Å². The van der Waals surface area contributed by atoms with Crippen molar-refractivity contribution in [3.05, 3.63) is 0 Å². The van der Waals surface area contributed by atoms with Gasteiger partial charge in [0, 0.05) is 13.1 Å². The predicted octanol–water partition coefficient (Wildman–Crippen LogP) is -0.546. The Kier molecular flexibility index (Phi) is 7.30. The fraction of sp³-hybridized carbons (Fsp3) is 0.667. The number of hydrogen-bond acceptors (Lipinski definition) is 4. The first-order valence-electron chi connectivity index (χ1n) is 3.83. The number of hydrazine groups is 1. The molecule has 82 valence electrons. The Balaban J connectivity index is 0.000000364. The van der Waals surface area contributed by atoms with E-state index in [4.69, 9.17) is 14.9 Å². The molecule has 0 atom stereocenters. The lowest BCUT2D eigenvalue weighted by Gasteiger charge is -2.26. The van der Waals surface area contributed by atoms with E-state index >= 15 is 0 Å². The number of morpholine rings is 1. The molecule has 0 aromatic carbocycles. The number of ether oxygens (including phenoxy) is 1. The van der Waals surface area contributed by atoms with Crippen molar-refractivity contribution in [2.75, 3.05) is 26.3 Å². The molecule has 8 heteroatoms. The third-order valence-corrected chi connectivity index (χ3v) is 1.36. The van der Waals surface area contributed by atoms with Gasteiger partial charge in [-0.05, 0) is 24.4 Å². The van der Waals surface area contributed by atoms with Gasteiger partial charge >= 0.3 is 0 Å². The van der Waals surface area contributed by atoms with E-state index < -0.39 is 5.17 Å². The fourth-order valence-corrected chi connectivity index (χ4v) is 0.940. The van der Waals surface area contributed by atoms with Crippen molar-refractivity contribution in [2.24, 2.45) is 5.73 Å². The maximum absolute atomic E-state index is 8.64. The van der Waals surface area contributed by atoms with Crippen LogP contribution in [0, 0.1) is 0 Å². The first-order valence-corrected chi connectivity index (χ1v) is 4.64. The highest BCUT2D eigenvalue weighted by Crippen LogP contribution is 1.91. The molecule has 0 amide bonds. The topological polar surface area (TPSA) is 91.0 Å². The lowest BCUT2D eigenvalue weighted by atomic mass is 10.5. The second kappa shape index (κ2) is 7.68. The summed E-state index contributed by atoms with van der Waals surface area (Å²) < 4.78 is 5.07. The average Bonchev–Trinajstić information content (AvgIpc) is 2.03. The number of nitrogens with zero attached hydrogens (tertiary/aromatic N) is 1. The zero-order valence-electron chi connectivity index (χ0n) is 7.47. The van der Waals surface area contributed by atoms with Gasteiger partial charge < -0.3 is 20.7 Å². The Morgan fingerprint density at radius 2 is 1.71 bits per heavy atom. The Labute approximate surface area is 92.6 Å². The molecule has 6 nitrogen and oxygen atoms in total. The molecule has 5 N–H and O–H groups in total. The van der Waals surface area contributed by atoms with Gasteiger partial charge in [-0.1, -0.05) is 0 Å². The summed E-state index contributed by atoms with van der Waals surface area (Å²) in [6, 6.07) is 0. The highest BCUT2D eigenvalue weighted by Gasteiger charge is 2.09. The molecule has 0 unspecified atom stereocenters. The predicted molar refractivity (Wildman–Crippen MR) is 60.2 cm³/mol. The summed E-state index contributed by atoms with van der Waals surface area (Å²) >= 11 is 8.31. The van der Waals surface area contributed by atoms with E-state index in [1.54, 1.807) is 0 Å². The van der Waals surface area contributed by atoms with Crippen molar-refractivity contribution < 1.29 is 14.9 Å². The fourth-order valence-electron chi connectivity index (χ4n) is 0.810. The summed E-state index contributed by atoms with van der Waals surface area (Å²) in [7, 11) is 0. The molecule has 0 aromatic rings. The van der Waals surface area contributed by atoms with Crippen LogP contribution in [0.3, 0.4) is 0 Å². The number of aliphatic hydroxyl groups excluding tert-OH is 2. The second-order valence-corrected chi connectivity index (χ2v) is 3.16. The van der Waals surface area contributed by atoms with Crippen molar-refractivity contribution in [2.45, 2.75) is 0 Å². The molecule has 1 saturated heterocycles. The quantitative estimate of drug-likeness (QED) is 0.453. The lowest BCUT2D eigenvalue weighted by molar-refractivity contribution is 0.0226. The maximum atomic E-state index is 8.64. The second-order valence-electron chi connectivity index (χ2n) is 2.35. The van der Waals surface area contributed by atoms with Crippen LogP contribution in [-0.2, 0) is 4.74 Å². The minimum Gasteiger partial charge on any atom is -0.487 e. The van der Waals surface area contributed by atoms with Crippen LogP contribution in [0.1, 0.15) is 0 Å². The minimum absolute atomic E-state index is 0.179. The van der Waals surface area contributed by atoms with Crippen LogP contribution in [0.25, 0.3) is 0 Å². The van der Waals surface area contributed by atoms with E-state index in [2.05, 4.69) is 35.6 Å². The molecule has 1 aliphatic heterocycles. The van der Waals surface area contributed by atoms with E-state index in [1.165, 1.54) is 0 Å². The summed E-state index contributed by atoms with van der Waals surface area (Å²) in [5.74, 6) is 0. The van der Waals surface area contributed by atoms with Crippen LogP contribution in [0.4, 0.5) is 0 Å². The number of nitrogens with one attached hydrogen (secondary N) is 1. The highest BCUT2D eigenvalue weighted by atomic mass is 32.1. The summed E-state index contributed by atoms with van der Waals surface area (Å²) in [6.45, 7) is 2.91. The molecule has 1 heterocycles. The van der Waals surface area contributed by atoms with Crippen LogP contribution < -0.4 is 11.2 Å². The molecule has 14 heavy (non-hydrogen) atoms. The average molecular weight is 239 g/mol. The van der Waals surface area contributed by atoms with E-state index in [0.717, 1.165) is 13.1 Å². The Morgan fingerprint density at radius 3 is 2.07 bits per heavy atom. The number of nitrogens with two attached hydrogens (primary N) is 1. The standard InChI is InChI=1S/C5H10N2O2S.CH3NOS/c8-5(10)6-7-1-3-9-4-2-7;2-1(3)4/h1-4H2,(H2,6,8,10);(H3,2,3,4). The molecule has 1 aliphatic rings. The van der Waals surface area contributed by atoms with Crippen LogP contribution in [0.5, 0.6) is 0 Å². The smallest absolute Gasteiger partial charge is 0.269 e. The van der Waals surface area contributed by atoms with Crippen molar-refractivity contribution in [3.63, 3.8) is 0 Å². The van der Waals surface area contributed by atoms with Gasteiger partial charge in [-0.3, -0.25) is 5.43 Å². The molecule has 0 aromatic heterocycles. The highest BCUT2D eigenvalue weighted by molar-refractivity contribution is 7.80. The normalized spacial score (nSPS) is 16.3. The van der Waals surface area contributed by atoms with Crippen molar-refractivity contribution in [1.82, 2.24) is 10.4 Å². The number of thiocarbonyl (C=S) groups is 2. The summed E-state index contributed by atoms with van der Waals surface area (Å²) in [5, 5.41) is 17.4. The third kappa shape index (κ3) is 9.39. The summed E-state index contributed by atoms with van der Waals surface area (Å²) in [5.41, 5.74) is 7.02. The third-order valence-electron chi connectivity index (χ3n) is 1.26. The molecular formula is C6H13N3O3S2. The van der Waals surface area contributed by atoms with Gasteiger partial charge in [-0.2, -0.15) is 0 Å². The van der Waals surface area contributed by atoms with Crippen LogP contribution in [0.2, 0.25) is 0 Å². The number of hydrogen-bond donors (Lipinski definition) is 4. The van der Waals surface area contributed by atoms with Gasteiger partial charge in [0.1, 0.15) is 0 Å². The number of aliphatic hydroxyl groups is 2. The monoisotopic (exact) mass is 239 g/mol. The van der Waals surface area contributed by atoms with E-state index in [9.17, 15) is 0 Å². The Morgan fingerprint density at radius 1 is 1.29 bits per heavy atom.